The molecule has 0 fully saturated rings. The van der Waals surface area contributed by atoms with Crippen molar-refractivity contribution in [1.82, 2.24) is 0 Å². The largest absolute Gasteiger partial charge is 0.496 e. The van der Waals surface area contributed by atoms with Gasteiger partial charge in [-0.05, 0) is 65.3 Å². The smallest absolute Gasteiger partial charge is 0.338 e. The number of halogens is 2. The maximum Gasteiger partial charge on any atom is 0.338 e. The SMILES string of the molecule is COc1ccc(C(=O)O[C@@H](C)C(=O)Nc2ccc(F)cc2)cc1Br. The summed E-state index contributed by atoms with van der Waals surface area (Å²) >= 11 is 3.28. The number of nitrogens with one attached hydrogen (secondary N) is 1. The second-order valence-electron chi connectivity index (χ2n) is 4.89. The lowest BCUT2D eigenvalue weighted by atomic mass is 10.2. The Balaban J connectivity index is 1.98. The molecule has 2 aromatic rings. The molecule has 7 heteroatoms. The number of rotatable bonds is 5. The van der Waals surface area contributed by atoms with Crippen molar-refractivity contribution in [2.24, 2.45) is 0 Å². The van der Waals surface area contributed by atoms with Crippen LogP contribution in [0.5, 0.6) is 5.75 Å². The molecule has 2 aromatic carbocycles. The Hall–Kier alpha value is -2.41. The summed E-state index contributed by atoms with van der Waals surface area (Å²) in [5.41, 5.74) is 0.695. The average Bonchev–Trinajstić information content (AvgIpc) is 2.56. The molecule has 0 bridgehead atoms. The van der Waals surface area contributed by atoms with Gasteiger partial charge in [-0.25, -0.2) is 9.18 Å². The van der Waals surface area contributed by atoms with E-state index in [1.165, 1.54) is 44.4 Å². The number of benzene rings is 2. The molecule has 0 aliphatic heterocycles. The van der Waals surface area contributed by atoms with Gasteiger partial charge in [0.1, 0.15) is 11.6 Å². The van der Waals surface area contributed by atoms with E-state index in [4.69, 9.17) is 9.47 Å². The van der Waals surface area contributed by atoms with Gasteiger partial charge >= 0.3 is 5.97 Å². The molecule has 24 heavy (non-hydrogen) atoms. The fourth-order valence-corrected chi connectivity index (χ4v) is 2.39. The number of anilines is 1. The molecule has 0 saturated carbocycles. The number of methoxy groups -OCH3 is 1. The van der Waals surface area contributed by atoms with Crippen LogP contribution in [0.2, 0.25) is 0 Å². The van der Waals surface area contributed by atoms with Crippen LogP contribution in [0.4, 0.5) is 10.1 Å². The molecular formula is C17H15BrFNO4. The van der Waals surface area contributed by atoms with Gasteiger partial charge in [0, 0.05) is 5.69 Å². The van der Waals surface area contributed by atoms with E-state index in [0.29, 0.717) is 15.9 Å². The van der Waals surface area contributed by atoms with Crippen LogP contribution in [0, 0.1) is 5.82 Å². The summed E-state index contributed by atoms with van der Waals surface area (Å²) in [6.07, 6.45) is -1.01. The van der Waals surface area contributed by atoms with Crippen LogP contribution in [-0.4, -0.2) is 25.1 Å². The molecule has 5 nitrogen and oxygen atoms in total. The van der Waals surface area contributed by atoms with E-state index < -0.39 is 23.8 Å². The number of carbonyl (C=O) groups excluding carboxylic acids is 2. The van der Waals surface area contributed by atoms with E-state index in [-0.39, 0.29) is 5.56 Å². The van der Waals surface area contributed by atoms with Crippen LogP contribution in [0.25, 0.3) is 0 Å². The number of carbonyl (C=O) groups is 2. The van der Waals surface area contributed by atoms with Gasteiger partial charge in [-0.2, -0.15) is 0 Å². The summed E-state index contributed by atoms with van der Waals surface area (Å²) in [6.45, 7) is 1.45. The van der Waals surface area contributed by atoms with Crippen molar-refractivity contribution in [1.29, 1.82) is 0 Å². The first-order valence-corrected chi connectivity index (χ1v) is 7.81. The second-order valence-corrected chi connectivity index (χ2v) is 5.75. The van der Waals surface area contributed by atoms with Gasteiger partial charge in [0.25, 0.3) is 5.91 Å². The predicted octanol–water partition coefficient (Wildman–Crippen LogP) is 3.78. The van der Waals surface area contributed by atoms with Gasteiger partial charge in [-0.1, -0.05) is 0 Å². The van der Waals surface area contributed by atoms with Gasteiger partial charge in [0.15, 0.2) is 6.10 Å². The van der Waals surface area contributed by atoms with Crippen LogP contribution >= 0.6 is 15.9 Å². The Labute approximate surface area is 146 Å². The molecule has 1 atom stereocenters. The summed E-state index contributed by atoms with van der Waals surface area (Å²) in [6, 6.07) is 9.99. The molecule has 1 amide bonds. The highest BCUT2D eigenvalue weighted by Crippen LogP contribution is 2.26. The number of amides is 1. The molecule has 0 aliphatic carbocycles. The summed E-state index contributed by atoms with van der Waals surface area (Å²) in [7, 11) is 1.51. The Kier molecular flexibility index (Phi) is 5.92. The predicted molar refractivity (Wildman–Crippen MR) is 90.6 cm³/mol. The lowest BCUT2D eigenvalue weighted by Gasteiger charge is -2.14. The number of hydrogen-bond acceptors (Lipinski definition) is 4. The molecular weight excluding hydrogens is 381 g/mol. The van der Waals surface area contributed by atoms with Crippen molar-refractivity contribution in [3.8, 4) is 5.75 Å². The average molecular weight is 396 g/mol. The monoisotopic (exact) mass is 395 g/mol. The Bertz CT molecular complexity index is 749. The van der Waals surface area contributed by atoms with Crippen molar-refractivity contribution >= 4 is 33.5 Å². The number of esters is 1. The third-order valence-corrected chi connectivity index (χ3v) is 3.77. The number of ether oxygens (including phenoxy) is 2. The summed E-state index contributed by atoms with van der Waals surface area (Å²) in [5, 5.41) is 2.54. The number of hydrogen-bond donors (Lipinski definition) is 1. The molecule has 0 aliphatic rings. The van der Waals surface area contributed by atoms with E-state index in [0.717, 1.165) is 0 Å². The first kappa shape index (κ1) is 17.9. The lowest BCUT2D eigenvalue weighted by molar-refractivity contribution is -0.123. The third-order valence-electron chi connectivity index (χ3n) is 3.15. The molecule has 1 N–H and O–H groups in total. The molecule has 0 aromatic heterocycles. The van der Waals surface area contributed by atoms with Gasteiger partial charge in [0.05, 0.1) is 17.1 Å². The van der Waals surface area contributed by atoms with E-state index in [2.05, 4.69) is 21.2 Å². The normalized spacial score (nSPS) is 11.5. The van der Waals surface area contributed by atoms with Crippen molar-refractivity contribution < 1.29 is 23.5 Å². The first-order chi connectivity index (χ1) is 11.4. The van der Waals surface area contributed by atoms with Gasteiger partial charge in [-0.15, -0.1) is 0 Å². The Morgan fingerprint density at radius 3 is 2.42 bits per heavy atom. The highest BCUT2D eigenvalue weighted by molar-refractivity contribution is 9.10. The minimum absolute atomic E-state index is 0.282. The topological polar surface area (TPSA) is 64.6 Å². The molecule has 0 heterocycles. The Morgan fingerprint density at radius 2 is 1.83 bits per heavy atom. The van der Waals surface area contributed by atoms with E-state index in [1.54, 1.807) is 12.1 Å². The minimum Gasteiger partial charge on any atom is -0.496 e. The van der Waals surface area contributed by atoms with Gasteiger partial charge < -0.3 is 14.8 Å². The van der Waals surface area contributed by atoms with Crippen LogP contribution in [0.3, 0.4) is 0 Å². The summed E-state index contributed by atoms with van der Waals surface area (Å²) < 4.78 is 23.7. The zero-order valence-corrected chi connectivity index (χ0v) is 14.6. The maximum atomic E-state index is 12.8. The van der Waals surface area contributed by atoms with Crippen LogP contribution in [0.1, 0.15) is 17.3 Å². The maximum absolute atomic E-state index is 12.8. The van der Waals surface area contributed by atoms with Crippen LogP contribution in [-0.2, 0) is 9.53 Å². The summed E-state index contributed by atoms with van der Waals surface area (Å²) in [4.78, 5) is 24.1. The second kappa shape index (κ2) is 7.92. The fourth-order valence-electron chi connectivity index (χ4n) is 1.85. The van der Waals surface area contributed by atoms with Crippen molar-refractivity contribution in [2.45, 2.75) is 13.0 Å². The molecule has 0 radical (unpaired) electrons. The Morgan fingerprint density at radius 1 is 1.17 bits per heavy atom. The van der Waals surface area contributed by atoms with Gasteiger partial charge in [-0.3, -0.25) is 4.79 Å². The van der Waals surface area contributed by atoms with Gasteiger partial charge in [0.2, 0.25) is 0 Å². The van der Waals surface area contributed by atoms with E-state index >= 15 is 0 Å². The van der Waals surface area contributed by atoms with Crippen LogP contribution in [0.15, 0.2) is 46.9 Å². The van der Waals surface area contributed by atoms with Crippen molar-refractivity contribution in [3.05, 3.63) is 58.3 Å². The zero-order chi connectivity index (χ0) is 17.7. The van der Waals surface area contributed by atoms with E-state index in [1.807, 2.05) is 0 Å². The molecule has 0 spiro atoms. The highest BCUT2D eigenvalue weighted by atomic mass is 79.9. The van der Waals surface area contributed by atoms with Crippen LogP contribution < -0.4 is 10.1 Å². The fraction of sp³-hybridized carbons (Fsp3) is 0.176. The molecule has 0 saturated heterocycles. The third kappa shape index (κ3) is 4.55. The van der Waals surface area contributed by atoms with E-state index in [9.17, 15) is 14.0 Å². The highest BCUT2D eigenvalue weighted by Gasteiger charge is 2.19. The van der Waals surface area contributed by atoms with Crippen molar-refractivity contribution in [3.63, 3.8) is 0 Å². The minimum atomic E-state index is -1.01. The molecule has 126 valence electrons. The zero-order valence-electron chi connectivity index (χ0n) is 13.0. The standard InChI is InChI=1S/C17H15BrFNO4/c1-10(16(21)20-13-6-4-12(19)5-7-13)24-17(22)11-3-8-15(23-2)14(18)9-11/h3-10H,1-2H3,(H,20,21)/t10-/m0/s1. The quantitative estimate of drug-likeness (QED) is 0.782. The van der Waals surface area contributed by atoms with Crippen molar-refractivity contribution in [2.75, 3.05) is 12.4 Å². The summed E-state index contributed by atoms with van der Waals surface area (Å²) in [5.74, 6) is -0.978. The molecule has 2 rings (SSSR count). The molecule has 0 unspecified atom stereocenters. The first-order valence-electron chi connectivity index (χ1n) is 7.01. The lowest BCUT2D eigenvalue weighted by Crippen LogP contribution is -2.30.